The van der Waals surface area contributed by atoms with Gasteiger partial charge in [0.15, 0.2) is 0 Å². The topological polar surface area (TPSA) is 49.3 Å². The molecule has 0 unspecified atom stereocenters. The van der Waals surface area contributed by atoms with Crippen molar-refractivity contribution in [2.75, 3.05) is 5.32 Å². The Labute approximate surface area is 118 Å². The second-order valence-electron chi connectivity index (χ2n) is 3.63. The fourth-order valence-electron chi connectivity index (χ4n) is 1.40. The van der Waals surface area contributed by atoms with Crippen LogP contribution in [0.25, 0.3) is 0 Å². The molecule has 0 aliphatic heterocycles. The van der Waals surface area contributed by atoms with E-state index in [0.717, 1.165) is 4.47 Å². The minimum absolute atomic E-state index is 0.119. The predicted molar refractivity (Wildman–Crippen MR) is 75.2 cm³/mol. The Morgan fingerprint density at radius 3 is 2.44 bits per heavy atom. The molecule has 2 N–H and O–H groups in total. The highest BCUT2D eigenvalue weighted by atomic mass is 79.9. The van der Waals surface area contributed by atoms with E-state index in [1.165, 1.54) is 24.3 Å². The van der Waals surface area contributed by atoms with Crippen molar-refractivity contribution in [3.63, 3.8) is 0 Å². The number of halogens is 2. The van der Waals surface area contributed by atoms with E-state index in [-0.39, 0.29) is 11.7 Å². The summed E-state index contributed by atoms with van der Waals surface area (Å²) < 4.78 is 0.843. The number of carbonyl (C=O) groups is 1. The van der Waals surface area contributed by atoms with E-state index in [0.29, 0.717) is 16.3 Å². The fourth-order valence-corrected chi connectivity index (χ4v) is 2.12. The van der Waals surface area contributed by atoms with Gasteiger partial charge in [0.1, 0.15) is 5.75 Å². The summed E-state index contributed by atoms with van der Waals surface area (Å²) in [5, 5.41) is 12.3. The zero-order valence-electron chi connectivity index (χ0n) is 9.15. The smallest absolute Gasteiger partial charge is 0.255 e. The molecule has 0 atom stereocenters. The zero-order chi connectivity index (χ0) is 13.1. The van der Waals surface area contributed by atoms with E-state index in [4.69, 9.17) is 16.7 Å². The summed E-state index contributed by atoms with van der Waals surface area (Å²) >= 11 is 9.29. The van der Waals surface area contributed by atoms with Gasteiger partial charge in [-0.15, -0.1) is 0 Å². The molecule has 0 fully saturated rings. The first-order valence-corrected chi connectivity index (χ1v) is 6.29. The lowest BCUT2D eigenvalue weighted by Crippen LogP contribution is -2.11. The molecule has 3 nitrogen and oxygen atoms in total. The fraction of sp³-hybridized carbons (Fsp3) is 0. The van der Waals surface area contributed by atoms with Gasteiger partial charge < -0.3 is 10.4 Å². The van der Waals surface area contributed by atoms with E-state index in [1.54, 1.807) is 18.2 Å². The van der Waals surface area contributed by atoms with Gasteiger partial charge in [0.2, 0.25) is 0 Å². The molecule has 0 bridgehead atoms. The van der Waals surface area contributed by atoms with Gasteiger partial charge in [-0.1, -0.05) is 27.5 Å². The minimum atomic E-state index is -0.278. The summed E-state index contributed by atoms with van der Waals surface area (Å²) in [6.45, 7) is 0. The molecule has 0 aromatic heterocycles. The molecule has 0 saturated heterocycles. The Morgan fingerprint density at radius 2 is 1.83 bits per heavy atom. The van der Waals surface area contributed by atoms with Crippen molar-refractivity contribution in [1.82, 2.24) is 0 Å². The average molecular weight is 327 g/mol. The largest absolute Gasteiger partial charge is 0.508 e. The maximum atomic E-state index is 11.9. The maximum absolute atomic E-state index is 11.9. The number of aromatic hydroxyl groups is 1. The van der Waals surface area contributed by atoms with Crippen molar-refractivity contribution in [3.05, 3.63) is 57.5 Å². The number of benzene rings is 2. The third kappa shape index (κ3) is 3.03. The molecular formula is C13H9BrClNO2. The molecule has 0 heterocycles. The van der Waals surface area contributed by atoms with E-state index < -0.39 is 0 Å². The number of amides is 1. The van der Waals surface area contributed by atoms with Crippen LogP contribution < -0.4 is 5.32 Å². The SMILES string of the molecule is O=C(Nc1ccc(Br)cc1Cl)c1ccc(O)cc1. The van der Waals surface area contributed by atoms with Gasteiger partial charge in [-0.25, -0.2) is 0 Å². The summed E-state index contributed by atoms with van der Waals surface area (Å²) in [6, 6.07) is 11.2. The van der Waals surface area contributed by atoms with Crippen LogP contribution in [0.5, 0.6) is 5.75 Å². The van der Waals surface area contributed by atoms with Crippen LogP contribution in [0.4, 0.5) is 5.69 Å². The Balaban J connectivity index is 2.18. The monoisotopic (exact) mass is 325 g/mol. The normalized spacial score (nSPS) is 10.1. The quantitative estimate of drug-likeness (QED) is 0.874. The predicted octanol–water partition coefficient (Wildman–Crippen LogP) is 4.06. The molecule has 5 heteroatoms. The van der Waals surface area contributed by atoms with Gasteiger partial charge in [-0.05, 0) is 42.5 Å². The van der Waals surface area contributed by atoms with Crippen molar-refractivity contribution < 1.29 is 9.90 Å². The second-order valence-corrected chi connectivity index (χ2v) is 4.95. The van der Waals surface area contributed by atoms with Crippen LogP contribution in [0.1, 0.15) is 10.4 Å². The summed E-state index contributed by atoms with van der Waals surface area (Å²) in [7, 11) is 0. The lowest BCUT2D eigenvalue weighted by molar-refractivity contribution is 0.102. The first kappa shape index (κ1) is 12.9. The molecule has 18 heavy (non-hydrogen) atoms. The van der Waals surface area contributed by atoms with E-state index in [2.05, 4.69) is 21.2 Å². The Morgan fingerprint density at radius 1 is 1.17 bits per heavy atom. The van der Waals surface area contributed by atoms with Crippen molar-refractivity contribution in [1.29, 1.82) is 0 Å². The molecule has 0 aliphatic carbocycles. The Bertz CT molecular complexity index is 584. The zero-order valence-corrected chi connectivity index (χ0v) is 11.5. The summed E-state index contributed by atoms with van der Waals surface area (Å²) in [5.41, 5.74) is 0.990. The highest BCUT2D eigenvalue weighted by Gasteiger charge is 2.08. The van der Waals surface area contributed by atoms with Crippen LogP contribution in [0, 0.1) is 0 Å². The molecular weight excluding hydrogens is 318 g/mol. The van der Waals surface area contributed by atoms with Gasteiger partial charge in [0.25, 0.3) is 5.91 Å². The second kappa shape index (κ2) is 5.42. The van der Waals surface area contributed by atoms with Crippen LogP contribution in [0.15, 0.2) is 46.9 Å². The number of nitrogens with one attached hydrogen (secondary N) is 1. The van der Waals surface area contributed by atoms with Gasteiger partial charge >= 0.3 is 0 Å². The van der Waals surface area contributed by atoms with Crippen molar-refractivity contribution >= 4 is 39.1 Å². The van der Waals surface area contributed by atoms with Crippen LogP contribution >= 0.6 is 27.5 Å². The van der Waals surface area contributed by atoms with E-state index >= 15 is 0 Å². The van der Waals surface area contributed by atoms with E-state index in [1.807, 2.05) is 0 Å². The molecule has 0 aliphatic rings. The molecule has 92 valence electrons. The molecule has 0 saturated carbocycles. The van der Waals surface area contributed by atoms with Crippen LogP contribution in [0.3, 0.4) is 0 Å². The first-order chi connectivity index (χ1) is 8.56. The standard InChI is InChI=1S/C13H9BrClNO2/c14-9-3-6-12(11(15)7-9)16-13(18)8-1-4-10(17)5-2-8/h1-7,17H,(H,16,18). The van der Waals surface area contributed by atoms with Gasteiger partial charge in [-0.3, -0.25) is 4.79 Å². The summed E-state index contributed by atoms with van der Waals surface area (Å²) in [4.78, 5) is 11.9. The number of anilines is 1. The van der Waals surface area contributed by atoms with Crippen molar-refractivity contribution in [2.24, 2.45) is 0 Å². The highest BCUT2D eigenvalue weighted by Crippen LogP contribution is 2.26. The number of carbonyl (C=O) groups excluding carboxylic acids is 1. The Kier molecular flexibility index (Phi) is 3.89. The number of hydrogen-bond acceptors (Lipinski definition) is 2. The van der Waals surface area contributed by atoms with Crippen LogP contribution in [-0.2, 0) is 0 Å². The number of phenols is 1. The molecule has 2 rings (SSSR count). The molecule has 1 amide bonds. The number of rotatable bonds is 2. The first-order valence-electron chi connectivity index (χ1n) is 5.12. The van der Waals surface area contributed by atoms with Crippen LogP contribution in [0.2, 0.25) is 5.02 Å². The number of phenolic OH excluding ortho intramolecular Hbond substituents is 1. The lowest BCUT2D eigenvalue weighted by Gasteiger charge is -2.07. The molecule has 2 aromatic rings. The summed E-state index contributed by atoms with van der Waals surface area (Å²) in [6.07, 6.45) is 0. The third-order valence-electron chi connectivity index (χ3n) is 2.31. The van der Waals surface area contributed by atoms with E-state index in [9.17, 15) is 4.79 Å². The minimum Gasteiger partial charge on any atom is -0.508 e. The lowest BCUT2D eigenvalue weighted by atomic mass is 10.2. The highest BCUT2D eigenvalue weighted by molar-refractivity contribution is 9.10. The molecule has 0 spiro atoms. The van der Waals surface area contributed by atoms with Crippen LogP contribution in [-0.4, -0.2) is 11.0 Å². The maximum Gasteiger partial charge on any atom is 0.255 e. The van der Waals surface area contributed by atoms with Crippen molar-refractivity contribution in [3.8, 4) is 5.75 Å². The number of hydrogen-bond donors (Lipinski definition) is 2. The Hall–Kier alpha value is -1.52. The third-order valence-corrected chi connectivity index (χ3v) is 3.11. The summed E-state index contributed by atoms with van der Waals surface area (Å²) in [5.74, 6) is -0.160. The van der Waals surface area contributed by atoms with Gasteiger partial charge in [0, 0.05) is 10.0 Å². The van der Waals surface area contributed by atoms with Crippen molar-refractivity contribution in [2.45, 2.75) is 0 Å². The van der Waals surface area contributed by atoms with Gasteiger partial charge in [0.05, 0.1) is 10.7 Å². The average Bonchev–Trinajstić information content (AvgIpc) is 2.33. The molecule has 0 radical (unpaired) electrons. The molecule has 2 aromatic carbocycles. The van der Waals surface area contributed by atoms with Gasteiger partial charge in [-0.2, -0.15) is 0 Å².